The van der Waals surface area contributed by atoms with Crippen LogP contribution in [0.15, 0.2) is 12.3 Å². The summed E-state index contributed by atoms with van der Waals surface area (Å²) >= 11 is 0. The fourth-order valence-corrected chi connectivity index (χ4v) is 1.95. The molecule has 3 N–H and O–H groups in total. The Kier molecular flexibility index (Phi) is 3.78. The van der Waals surface area contributed by atoms with Crippen molar-refractivity contribution in [3.8, 4) is 0 Å². The van der Waals surface area contributed by atoms with E-state index in [0.717, 1.165) is 0 Å². The van der Waals surface area contributed by atoms with Crippen LogP contribution in [-0.2, 0) is 4.74 Å². The molecule has 6 nitrogen and oxygen atoms in total. The summed E-state index contributed by atoms with van der Waals surface area (Å²) < 4.78 is 5.31. The van der Waals surface area contributed by atoms with Gasteiger partial charge in [-0.05, 0) is 13.0 Å². The largest absolute Gasteiger partial charge is 0.397 e. The first-order chi connectivity index (χ1) is 8.61. The number of hydrogen-bond acceptors (Lipinski definition) is 5. The first kappa shape index (κ1) is 12.8. The van der Waals surface area contributed by atoms with Crippen molar-refractivity contribution in [1.82, 2.24) is 9.88 Å². The summed E-state index contributed by atoms with van der Waals surface area (Å²) in [7, 11) is 0. The van der Waals surface area contributed by atoms with E-state index >= 15 is 0 Å². The number of aryl methyl sites for hydroxylation is 1. The second-order valence-electron chi connectivity index (χ2n) is 4.33. The minimum atomic E-state index is -0.308. The number of carbonyl (C=O) groups is 1. The second-order valence-corrected chi connectivity index (χ2v) is 4.33. The number of morpholine rings is 1. The molecule has 6 heteroatoms. The molecule has 1 amide bonds. The van der Waals surface area contributed by atoms with Crippen molar-refractivity contribution in [2.75, 3.05) is 32.0 Å². The van der Waals surface area contributed by atoms with E-state index in [1.807, 2.05) is 0 Å². The van der Waals surface area contributed by atoms with E-state index in [2.05, 4.69) is 4.98 Å². The van der Waals surface area contributed by atoms with Crippen LogP contribution in [0.3, 0.4) is 0 Å². The lowest BCUT2D eigenvalue weighted by atomic mass is 10.1. The fourth-order valence-electron chi connectivity index (χ4n) is 1.95. The van der Waals surface area contributed by atoms with Gasteiger partial charge in [0, 0.05) is 13.1 Å². The van der Waals surface area contributed by atoms with Crippen LogP contribution in [0.4, 0.5) is 5.69 Å². The summed E-state index contributed by atoms with van der Waals surface area (Å²) in [4.78, 5) is 18.1. The lowest BCUT2D eigenvalue weighted by Gasteiger charge is -2.32. The number of anilines is 1. The van der Waals surface area contributed by atoms with Gasteiger partial charge in [-0.2, -0.15) is 0 Å². The fraction of sp³-hybridized carbons (Fsp3) is 0.500. The van der Waals surface area contributed by atoms with Crippen molar-refractivity contribution >= 4 is 11.6 Å². The number of aliphatic hydroxyl groups is 1. The van der Waals surface area contributed by atoms with Gasteiger partial charge < -0.3 is 20.5 Å². The predicted molar refractivity (Wildman–Crippen MR) is 66.1 cm³/mol. The Labute approximate surface area is 105 Å². The highest BCUT2D eigenvalue weighted by Gasteiger charge is 2.25. The average Bonchev–Trinajstić information content (AvgIpc) is 2.41. The summed E-state index contributed by atoms with van der Waals surface area (Å²) in [5.74, 6) is -0.117. The Morgan fingerprint density at radius 3 is 3.22 bits per heavy atom. The molecule has 1 aromatic rings. The molecular formula is C12H17N3O3. The maximum Gasteiger partial charge on any atom is 0.255 e. The Morgan fingerprint density at radius 1 is 1.72 bits per heavy atom. The van der Waals surface area contributed by atoms with Crippen LogP contribution in [0.25, 0.3) is 0 Å². The lowest BCUT2D eigenvalue weighted by molar-refractivity contribution is -0.0447. The predicted octanol–water partition coefficient (Wildman–Crippen LogP) is -0.194. The molecule has 2 rings (SSSR count). The normalized spacial score (nSPS) is 19.9. The molecule has 1 aromatic heterocycles. The van der Waals surface area contributed by atoms with Crippen molar-refractivity contribution in [2.45, 2.75) is 13.0 Å². The molecule has 0 aliphatic carbocycles. The molecule has 1 atom stereocenters. The molecule has 2 heterocycles. The summed E-state index contributed by atoms with van der Waals surface area (Å²) in [5.41, 5.74) is 7.28. The van der Waals surface area contributed by atoms with Gasteiger partial charge >= 0.3 is 0 Å². The topological polar surface area (TPSA) is 88.7 Å². The number of nitrogen functional groups attached to an aromatic ring is 1. The minimum absolute atomic E-state index is 0.0854. The first-order valence-corrected chi connectivity index (χ1v) is 5.85. The Balaban J connectivity index is 2.17. The van der Waals surface area contributed by atoms with E-state index in [0.29, 0.717) is 36.6 Å². The molecule has 1 saturated heterocycles. The highest BCUT2D eigenvalue weighted by Crippen LogP contribution is 2.15. The Hall–Kier alpha value is -1.66. The molecule has 18 heavy (non-hydrogen) atoms. The minimum Gasteiger partial charge on any atom is -0.397 e. The number of nitrogens with two attached hydrogens (primary N) is 1. The first-order valence-electron chi connectivity index (χ1n) is 5.85. The van der Waals surface area contributed by atoms with E-state index in [-0.39, 0.29) is 18.6 Å². The number of rotatable bonds is 2. The number of ether oxygens (including phenoxy) is 1. The van der Waals surface area contributed by atoms with E-state index < -0.39 is 0 Å². The number of amides is 1. The molecule has 1 aliphatic heterocycles. The Bertz CT molecular complexity index is 450. The van der Waals surface area contributed by atoms with Gasteiger partial charge in [-0.1, -0.05) is 0 Å². The average molecular weight is 251 g/mol. The standard InChI is InChI=1S/C12H17N3O3/c1-8-11(4-9(13)5-14-8)12(17)15-2-3-18-10(6-15)7-16/h4-5,10,16H,2-3,6-7,13H2,1H3. The quantitative estimate of drug-likeness (QED) is 0.760. The van der Waals surface area contributed by atoms with Gasteiger partial charge in [0.2, 0.25) is 0 Å². The molecule has 1 aliphatic rings. The third-order valence-electron chi connectivity index (χ3n) is 2.97. The smallest absolute Gasteiger partial charge is 0.255 e. The van der Waals surface area contributed by atoms with Crippen LogP contribution in [-0.4, -0.2) is 53.3 Å². The molecule has 0 spiro atoms. The highest BCUT2D eigenvalue weighted by atomic mass is 16.5. The molecule has 0 radical (unpaired) electrons. The van der Waals surface area contributed by atoms with Crippen molar-refractivity contribution in [1.29, 1.82) is 0 Å². The van der Waals surface area contributed by atoms with Gasteiger partial charge in [0.25, 0.3) is 5.91 Å². The number of pyridine rings is 1. The van der Waals surface area contributed by atoms with E-state index in [1.54, 1.807) is 17.9 Å². The number of aromatic nitrogens is 1. The second kappa shape index (κ2) is 5.32. The molecule has 98 valence electrons. The van der Waals surface area contributed by atoms with E-state index in [4.69, 9.17) is 15.6 Å². The summed E-state index contributed by atoms with van der Waals surface area (Å²) in [6.45, 7) is 3.04. The van der Waals surface area contributed by atoms with Crippen molar-refractivity contribution in [2.24, 2.45) is 0 Å². The zero-order valence-electron chi connectivity index (χ0n) is 10.3. The Morgan fingerprint density at radius 2 is 2.50 bits per heavy atom. The highest BCUT2D eigenvalue weighted by molar-refractivity contribution is 5.96. The van der Waals surface area contributed by atoms with Gasteiger partial charge in [-0.15, -0.1) is 0 Å². The maximum atomic E-state index is 12.3. The van der Waals surface area contributed by atoms with Gasteiger partial charge in [0.05, 0.1) is 42.5 Å². The van der Waals surface area contributed by atoms with Crippen molar-refractivity contribution in [3.63, 3.8) is 0 Å². The van der Waals surface area contributed by atoms with Crippen molar-refractivity contribution < 1.29 is 14.6 Å². The molecule has 0 bridgehead atoms. The van der Waals surface area contributed by atoms with Crippen LogP contribution >= 0.6 is 0 Å². The van der Waals surface area contributed by atoms with Crippen LogP contribution in [0, 0.1) is 6.92 Å². The molecule has 1 fully saturated rings. The third kappa shape index (κ3) is 2.60. The number of aliphatic hydroxyl groups excluding tert-OH is 1. The molecule has 1 unspecified atom stereocenters. The zero-order valence-corrected chi connectivity index (χ0v) is 10.3. The van der Waals surface area contributed by atoms with Gasteiger partial charge in [-0.25, -0.2) is 0 Å². The number of nitrogens with zero attached hydrogens (tertiary/aromatic N) is 2. The zero-order chi connectivity index (χ0) is 13.1. The van der Waals surface area contributed by atoms with Gasteiger partial charge in [0.15, 0.2) is 0 Å². The number of carbonyl (C=O) groups excluding carboxylic acids is 1. The van der Waals surface area contributed by atoms with Gasteiger partial charge in [0.1, 0.15) is 0 Å². The molecule has 0 saturated carbocycles. The maximum absolute atomic E-state index is 12.3. The number of hydrogen-bond donors (Lipinski definition) is 2. The lowest BCUT2D eigenvalue weighted by Crippen LogP contribution is -2.47. The van der Waals surface area contributed by atoms with Gasteiger partial charge in [-0.3, -0.25) is 9.78 Å². The van der Waals surface area contributed by atoms with Crippen LogP contribution in [0.1, 0.15) is 16.1 Å². The van der Waals surface area contributed by atoms with Crippen LogP contribution < -0.4 is 5.73 Å². The summed E-state index contributed by atoms with van der Waals surface area (Å²) in [5, 5.41) is 9.06. The van der Waals surface area contributed by atoms with Crippen LogP contribution in [0.2, 0.25) is 0 Å². The summed E-state index contributed by atoms with van der Waals surface area (Å²) in [6.07, 6.45) is 1.22. The van der Waals surface area contributed by atoms with E-state index in [9.17, 15) is 4.79 Å². The third-order valence-corrected chi connectivity index (χ3v) is 2.97. The summed E-state index contributed by atoms with van der Waals surface area (Å²) in [6, 6.07) is 1.63. The van der Waals surface area contributed by atoms with Crippen LogP contribution in [0.5, 0.6) is 0 Å². The van der Waals surface area contributed by atoms with E-state index in [1.165, 1.54) is 6.20 Å². The molecule has 0 aromatic carbocycles. The monoisotopic (exact) mass is 251 g/mol. The molecular weight excluding hydrogens is 234 g/mol. The van der Waals surface area contributed by atoms with Crippen molar-refractivity contribution in [3.05, 3.63) is 23.5 Å². The SMILES string of the molecule is Cc1ncc(N)cc1C(=O)N1CCOC(CO)C1.